The van der Waals surface area contributed by atoms with E-state index in [1.807, 2.05) is 38.1 Å². The summed E-state index contributed by atoms with van der Waals surface area (Å²) in [5.41, 5.74) is 6.34. The molecule has 191 valence electrons. The largest absolute Gasteiger partial charge is 0.490 e. The van der Waals surface area contributed by atoms with Gasteiger partial charge in [-0.05, 0) is 42.5 Å². The van der Waals surface area contributed by atoms with Crippen LogP contribution < -0.4 is 21.1 Å². The number of esters is 1. The summed E-state index contributed by atoms with van der Waals surface area (Å²) in [6.07, 6.45) is 4.26. The van der Waals surface area contributed by atoms with E-state index < -0.39 is 35.7 Å². The quantitative estimate of drug-likeness (QED) is 0.175. The predicted octanol–water partition coefficient (Wildman–Crippen LogP) is 0.724. The number of fused-ring (bicyclic) bond motifs is 15. The molecule has 3 rings (SSSR count). The van der Waals surface area contributed by atoms with Crippen LogP contribution in [-0.4, -0.2) is 71.0 Å². The molecule has 1 aromatic carbocycles. The van der Waals surface area contributed by atoms with E-state index in [4.69, 9.17) is 24.6 Å². The number of benzene rings is 1. The summed E-state index contributed by atoms with van der Waals surface area (Å²) >= 11 is 0. The number of amides is 2. The molecule has 2 aliphatic rings. The molecule has 2 aliphatic heterocycles. The molecule has 35 heavy (non-hydrogen) atoms. The van der Waals surface area contributed by atoms with Gasteiger partial charge >= 0.3 is 13.5 Å². The summed E-state index contributed by atoms with van der Waals surface area (Å²) in [6, 6.07) is 5.48. The number of nitrogens with one attached hydrogen (secondary N) is 2. The predicted molar refractivity (Wildman–Crippen MR) is 131 cm³/mol. The summed E-state index contributed by atoms with van der Waals surface area (Å²) < 4.78 is 21.2. The van der Waals surface area contributed by atoms with Gasteiger partial charge in [0, 0.05) is 5.82 Å². The smallest absolute Gasteiger partial charge is 0.330 e. The minimum atomic E-state index is -1.02. The van der Waals surface area contributed by atoms with Crippen molar-refractivity contribution in [3.05, 3.63) is 42.0 Å². The van der Waals surface area contributed by atoms with E-state index in [1.165, 1.54) is 14.6 Å². The maximum atomic E-state index is 13.2. The van der Waals surface area contributed by atoms with Crippen molar-refractivity contribution in [2.45, 2.75) is 44.6 Å². The lowest BCUT2D eigenvalue weighted by Crippen LogP contribution is -2.54. The van der Waals surface area contributed by atoms with Gasteiger partial charge in [0.15, 0.2) is 6.04 Å². The first kappa shape index (κ1) is 28.4. The number of methoxy groups -OCH3 is 1. The Morgan fingerprint density at radius 2 is 1.86 bits per heavy atom. The lowest BCUT2D eigenvalue weighted by molar-refractivity contribution is -0.147. The Hall–Kier alpha value is -2.89. The van der Waals surface area contributed by atoms with Crippen molar-refractivity contribution in [1.29, 1.82) is 0 Å². The van der Waals surface area contributed by atoms with Gasteiger partial charge in [-0.1, -0.05) is 32.1 Å². The SMILES string of the molecule is COC(=O)[C@@H]1COCC=CCOc2ccc(cc2)C[C@H]([B]OCN)C(=O)N[C@@H](CC(C)C)C(=O)N1. The van der Waals surface area contributed by atoms with Crippen LogP contribution in [0.25, 0.3) is 0 Å². The monoisotopic (exact) mass is 488 g/mol. The average Bonchev–Trinajstić information content (AvgIpc) is 2.84. The third-order valence-corrected chi connectivity index (χ3v) is 5.23. The molecule has 0 fully saturated rings. The van der Waals surface area contributed by atoms with Gasteiger partial charge in [0.05, 0.1) is 27.1 Å². The van der Waals surface area contributed by atoms with Crippen molar-refractivity contribution in [3.63, 3.8) is 0 Å². The van der Waals surface area contributed by atoms with Gasteiger partial charge in [-0.3, -0.25) is 9.59 Å². The highest BCUT2D eigenvalue weighted by molar-refractivity contribution is 6.37. The van der Waals surface area contributed by atoms with E-state index in [2.05, 4.69) is 10.6 Å². The molecule has 0 saturated carbocycles. The zero-order chi connectivity index (χ0) is 25.6. The number of nitrogens with two attached hydrogens (primary N) is 1. The zero-order valence-corrected chi connectivity index (χ0v) is 20.5. The first-order valence-electron chi connectivity index (χ1n) is 11.6. The van der Waals surface area contributed by atoms with Gasteiger partial charge in [-0.2, -0.15) is 0 Å². The van der Waals surface area contributed by atoms with E-state index in [0.29, 0.717) is 25.2 Å². The zero-order valence-electron chi connectivity index (χ0n) is 20.5. The molecular weight excluding hydrogens is 453 g/mol. The van der Waals surface area contributed by atoms with Crippen LogP contribution in [0.15, 0.2) is 36.4 Å². The highest BCUT2D eigenvalue weighted by atomic mass is 16.5. The fraction of sp³-hybridized carbons (Fsp3) is 0.542. The fourth-order valence-electron chi connectivity index (χ4n) is 3.45. The summed E-state index contributed by atoms with van der Waals surface area (Å²) in [4.78, 5) is 38.5. The van der Waals surface area contributed by atoms with Gasteiger partial charge in [0.1, 0.15) is 18.4 Å². The van der Waals surface area contributed by atoms with Crippen LogP contribution in [0.1, 0.15) is 25.8 Å². The molecule has 1 aromatic rings. The molecule has 0 spiro atoms. The van der Waals surface area contributed by atoms with Gasteiger partial charge in [-0.25, -0.2) is 4.79 Å². The van der Waals surface area contributed by atoms with Crippen LogP contribution >= 0.6 is 0 Å². The second-order valence-corrected chi connectivity index (χ2v) is 8.52. The Bertz CT molecular complexity index is 848. The van der Waals surface area contributed by atoms with Gasteiger partial charge in [0.2, 0.25) is 11.8 Å². The molecule has 2 bridgehead atoms. The van der Waals surface area contributed by atoms with Crippen LogP contribution in [-0.2, 0) is 34.9 Å². The van der Waals surface area contributed by atoms with Gasteiger partial charge in [0.25, 0.3) is 0 Å². The van der Waals surface area contributed by atoms with Crippen LogP contribution in [0.5, 0.6) is 5.75 Å². The second kappa shape index (κ2) is 15.2. The van der Waals surface area contributed by atoms with Crippen molar-refractivity contribution >= 4 is 25.3 Å². The Kier molecular flexibility index (Phi) is 12.3. The summed E-state index contributed by atoms with van der Waals surface area (Å²) in [6.45, 7) is 4.25. The Morgan fingerprint density at radius 1 is 1.14 bits per heavy atom. The van der Waals surface area contributed by atoms with Crippen LogP contribution in [0, 0.1) is 5.92 Å². The Labute approximate surface area is 207 Å². The molecule has 4 N–H and O–H groups in total. The number of rotatable bonds is 6. The number of ether oxygens (including phenoxy) is 3. The standard InChI is InChI=1S/C24H35BN3O7/c1-16(2)12-20-23(30)28-21(24(31)32-3)14-33-10-4-5-11-34-18-8-6-17(7-9-18)13-19(22(29)27-20)25-35-15-26/h4-9,16,19-21H,10-15,26H2,1-3H3,(H,27,29)(H,28,30)/t19-,20-,21-/m0/s1. The number of hydrogen-bond donors (Lipinski definition) is 3. The Balaban J connectivity index is 2.30. The normalized spacial score (nSPS) is 22.3. The fourth-order valence-corrected chi connectivity index (χ4v) is 3.45. The number of carbonyl (C=O) groups excluding carboxylic acids is 3. The van der Waals surface area contributed by atoms with Crippen molar-refractivity contribution in [1.82, 2.24) is 10.6 Å². The molecule has 0 unspecified atom stereocenters. The van der Waals surface area contributed by atoms with Gasteiger partial charge < -0.3 is 35.2 Å². The molecule has 2 amide bonds. The summed E-state index contributed by atoms with van der Waals surface area (Å²) in [5.74, 6) is -1.46. The van der Waals surface area contributed by atoms with E-state index in [0.717, 1.165) is 5.56 Å². The lowest BCUT2D eigenvalue weighted by Gasteiger charge is -2.25. The van der Waals surface area contributed by atoms with Crippen molar-refractivity contribution in [3.8, 4) is 5.75 Å². The van der Waals surface area contributed by atoms with Crippen molar-refractivity contribution in [2.75, 3.05) is 33.7 Å². The maximum Gasteiger partial charge on any atom is 0.330 e. The van der Waals surface area contributed by atoms with Crippen molar-refractivity contribution < 1.29 is 33.2 Å². The van der Waals surface area contributed by atoms with E-state index >= 15 is 0 Å². The third-order valence-electron chi connectivity index (χ3n) is 5.23. The highest BCUT2D eigenvalue weighted by Gasteiger charge is 2.30. The first-order chi connectivity index (χ1) is 16.8. The number of hydrogen-bond acceptors (Lipinski definition) is 8. The molecule has 3 atom stereocenters. The topological polar surface area (TPSA) is 138 Å². The molecule has 0 aromatic heterocycles. The molecule has 10 nitrogen and oxygen atoms in total. The lowest BCUT2D eigenvalue weighted by atomic mass is 9.75. The van der Waals surface area contributed by atoms with E-state index in [9.17, 15) is 14.4 Å². The number of carbonyl (C=O) groups is 3. The average molecular weight is 488 g/mol. The molecule has 11 heteroatoms. The maximum absolute atomic E-state index is 13.2. The van der Waals surface area contributed by atoms with Crippen LogP contribution in [0.4, 0.5) is 0 Å². The summed E-state index contributed by atoms with van der Waals surface area (Å²) in [5, 5.41) is 5.46. The van der Waals surface area contributed by atoms with Crippen LogP contribution in [0.2, 0.25) is 5.82 Å². The highest BCUT2D eigenvalue weighted by Crippen LogP contribution is 2.19. The minimum absolute atomic E-state index is 0.0825. The summed E-state index contributed by atoms with van der Waals surface area (Å²) in [7, 11) is 2.61. The Morgan fingerprint density at radius 3 is 2.51 bits per heavy atom. The molecule has 0 saturated heterocycles. The second-order valence-electron chi connectivity index (χ2n) is 8.52. The molecule has 2 heterocycles. The van der Waals surface area contributed by atoms with Gasteiger partial charge in [-0.15, -0.1) is 0 Å². The minimum Gasteiger partial charge on any atom is -0.490 e. The van der Waals surface area contributed by atoms with Crippen LogP contribution in [0.3, 0.4) is 0 Å². The molecule has 1 radical (unpaired) electrons. The van der Waals surface area contributed by atoms with Crippen molar-refractivity contribution in [2.24, 2.45) is 11.7 Å². The third kappa shape index (κ3) is 10.1. The van der Waals surface area contributed by atoms with E-state index in [-0.39, 0.29) is 25.9 Å². The molecule has 0 aliphatic carbocycles. The van der Waals surface area contributed by atoms with E-state index in [1.54, 1.807) is 12.2 Å². The molecular formula is C24H35BN3O7. The first-order valence-corrected chi connectivity index (χ1v) is 11.6.